The van der Waals surface area contributed by atoms with Crippen molar-refractivity contribution < 1.29 is 38.0 Å². The van der Waals surface area contributed by atoms with Crippen molar-refractivity contribution in [2.75, 3.05) is 39.6 Å². The van der Waals surface area contributed by atoms with Gasteiger partial charge in [-0.2, -0.15) is 0 Å². The summed E-state index contributed by atoms with van der Waals surface area (Å²) in [5.74, 6) is -2.30. The molecule has 3 heterocycles. The summed E-state index contributed by atoms with van der Waals surface area (Å²) < 4.78 is 36.5. The average molecular weight is 1020 g/mol. The van der Waals surface area contributed by atoms with Gasteiger partial charge in [0.25, 0.3) is 0 Å². The van der Waals surface area contributed by atoms with Crippen LogP contribution in [0.4, 0.5) is 0 Å². The Balaban J connectivity index is 0.000000129. The van der Waals surface area contributed by atoms with Crippen LogP contribution in [-0.2, 0) is 45.8 Å². The number of benzene rings is 8. The molecule has 0 spiro atoms. The Labute approximate surface area is 430 Å². The second-order valence-electron chi connectivity index (χ2n) is 16.6. The molecule has 9 heteroatoms. The summed E-state index contributed by atoms with van der Waals surface area (Å²) in [5, 5.41) is 0. The lowest BCUT2D eigenvalue weighted by Crippen LogP contribution is -2.28. The molecule has 362 valence electrons. The zero-order valence-corrected chi connectivity index (χ0v) is 41.4. The molecular formula is C63H55BrO8. The molecular weight excluding hydrogens is 965 g/mol. The van der Waals surface area contributed by atoms with Crippen molar-refractivity contribution in [1.29, 1.82) is 0 Å². The first-order valence-corrected chi connectivity index (χ1v) is 24.5. The van der Waals surface area contributed by atoms with E-state index in [1.165, 1.54) is 0 Å². The fourth-order valence-corrected chi connectivity index (χ4v) is 8.79. The molecule has 72 heavy (non-hydrogen) atoms. The van der Waals surface area contributed by atoms with Crippen LogP contribution in [0.15, 0.2) is 236 Å². The highest BCUT2D eigenvalue weighted by atomic mass is 79.9. The molecule has 8 aromatic rings. The molecule has 0 N–H and O–H groups in total. The molecule has 0 bridgehead atoms. The van der Waals surface area contributed by atoms with Gasteiger partial charge in [-0.05, 0) is 23.3 Å². The van der Waals surface area contributed by atoms with Gasteiger partial charge in [0.2, 0.25) is 17.4 Å². The van der Waals surface area contributed by atoms with E-state index in [1.54, 1.807) is 18.2 Å². The van der Waals surface area contributed by atoms with E-state index >= 15 is 0 Å². The van der Waals surface area contributed by atoms with Crippen LogP contribution < -0.4 is 0 Å². The van der Waals surface area contributed by atoms with Crippen LogP contribution in [0.1, 0.15) is 70.8 Å². The standard InChI is InChI=1S/C17H16O2.C16H14O3.C15H13BrO2.C15H12O/c1-2-14-8-10-16(11-9-14)17(18-12-13-19-17)15-6-4-3-5-7-15;17-12-13-6-8-15(9-7-13)16(18-10-11-19-16)14-4-2-1-3-5-14;16-14-8-6-13(7-9-14)15(17-10-11-18-15)12-4-2-1-3-5-12;1-2-12-8-10-14(11-9-12)15(16)13-6-4-3-5-7-13/h2-11H,1,12-13H2;1-9,12H,10-11H2;1-9H,10-11H2;2-11H,1H2. The van der Waals surface area contributed by atoms with Crippen molar-refractivity contribution in [2.24, 2.45) is 0 Å². The molecule has 8 aromatic carbocycles. The summed E-state index contributed by atoms with van der Waals surface area (Å²) in [6.45, 7) is 11.0. The zero-order valence-electron chi connectivity index (χ0n) is 39.8. The predicted octanol–water partition coefficient (Wildman–Crippen LogP) is 13.6. The number of hydrogen-bond donors (Lipinski definition) is 0. The van der Waals surface area contributed by atoms with Crippen molar-refractivity contribution in [3.8, 4) is 0 Å². The topological polar surface area (TPSA) is 89.5 Å². The molecule has 0 amide bonds. The summed E-state index contributed by atoms with van der Waals surface area (Å²) in [7, 11) is 0. The first-order chi connectivity index (χ1) is 35.3. The molecule has 3 aliphatic heterocycles. The SMILES string of the molecule is Brc1ccc(C2(c3ccccc3)OCCO2)cc1.C=Cc1ccc(C(=O)c2ccccc2)cc1.C=Cc1ccc(C2(c3ccccc3)OCCO2)cc1.O=Cc1ccc(C2(c3ccccc3)OCCO2)cc1. The third kappa shape index (κ3) is 11.9. The Bertz CT molecular complexity index is 2840. The van der Waals surface area contributed by atoms with Gasteiger partial charge in [-0.25, -0.2) is 0 Å². The lowest BCUT2D eigenvalue weighted by molar-refractivity contribution is -0.130. The Kier molecular flexibility index (Phi) is 17.6. The van der Waals surface area contributed by atoms with E-state index in [0.717, 1.165) is 55.3 Å². The monoisotopic (exact) mass is 1020 g/mol. The molecule has 0 radical (unpaired) electrons. The minimum Gasteiger partial charge on any atom is -0.340 e. The minimum atomic E-state index is -0.845. The van der Waals surface area contributed by atoms with E-state index in [4.69, 9.17) is 28.4 Å². The van der Waals surface area contributed by atoms with E-state index in [9.17, 15) is 9.59 Å². The van der Waals surface area contributed by atoms with Gasteiger partial charge >= 0.3 is 0 Å². The van der Waals surface area contributed by atoms with Gasteiger partial charge in [0.05, 0.1) is 39.6 Å². The molecule has 8 nitrogen and oxygen atoms in total. The smallest absolute Gasteiger partial charge is 0.222 e. The Morgan fingerprint density at radius 3 is 0.944 bits per heavy atom. The van der Waals surface area contributed by atoms with Gasteiger partial charge in [0, 0.05) is 54.5 Å². The van der Waals surface area contributed by atoms with Gasteiger partial charge in [0.1, 0.15) is 6.29 Å². The van der Waals surface area contributed by atoms with E-state index < -0.39 is 17.4 Å². The molecule has 0 saturated carbocycles. The molecule has 0 unspecified atom stereocenters. The third-order valence-electron chi connectivity index (χ3n) is 12.2. The number of rotatable bonds is 11. The zero-order chi connectivity index (χ0) is 50.1. The molecule has 3 aliphatic rings. The summed E-state index contributed by atoms with van der Waals surface area (Å²) in [6.07, 6.45) is 4.42. The van der Waals surface area contributed by atoms with Crippen molar-refractivity contribution in [2.45, 2.75) is 17.4 Å². The number of ketones is 1. The molecule has 0 aliphatic carbocycles. The summed E-state index contributed by atoms with van der Waals surface area (Å²) in [4.78, 5) is 22.7. The highest BCUT2D eigenvalue weighted by molar-refractivity contribution is 9.10. The van der Waals surface area contributed by atoms with Crippen LogP contribution in [0.2, 0.25) is 0 Å². The second-order valence-corrected chi connectivity index (χ2v) is 17.5. The highest BCUT2D eigenvalue weighted by Crippen LogP contribution is 2.41. The number of aldehydes is 1. The van der Waals surface area contributed by atoms with Crippen molar-refractivity contribution in [3.05, 3.63) is 297 Å². The Morgan fingerprint density at radius 1 is 0.361 bits per heavy atom. The molecule has 3 fully saturated rings. The average Bonchev–Trinajstić information content (AvgIpc) is 4.29. The maximum Gasteiger partial charge on any atom is 0.222 e. The Morgan fingerprint density at radius 2 is 0.625 bits per heavy atom. The van der Waals surface area contributed by atoms with E-state index in [-0.39, 0.29) is 5.78 Å². The minimum absolute atomic E-state index is 0.0520. The number of carbonyl (C=O) groups excluding carboxylic acids is 2. The summed E-state index contributed by atoms with van der Waals surface area (Å²) >= 11 is 3.45. The second kappa shape index (κ2) is 24.8. The number of ether oxygens (including phenoxy) is 6. The fourth-order valence-electron chi connectivity index (χ4n) is 8.53. The first kappa shape index (κ1) is 51.2. The van der Waals surface area contributed by atoms with Crippen LogP contribution in [0.3, 0.4) is 0 Å². The van der Waals surface area contributed by atoms with E-state index in [0.29, 0.717) is 56.3 Å². The third-order valence-corrected chi connectivity index (χ3v) is 12.7. The Hall–Kier alpha value is -7.18. The first-order valence-electron chi connectivity index (χ1n) is 23.7. The number of hydrogen-bond acceptors (Lipinski definition) is 8. The van der Waals surface area contributed by atoms with Gasteiger partial charge < -0.3 is 28.4 Å². The van der Waals surface area contributed by atoms with Crippen LogP contribution in [-0.4, -0.2) is 51.7 Å². The van der Waals surface area contributed by atoms with Gasteiger partial charge in [-0.3, -0.25) is 9.59 Å². The van der Waals surface area contributed by atoms with Crippen molar-refractivity contribution in [1.82, 2.24) is 0 Å². The largest absolute Gasteiger partial charge is 0.340 e. The van der Waals surface area contributed by atoms with Crippen molar-refractivity contribution in [3.63, 3.8) is 0 Å². The quantitative estimate of drug-likeness (QED) is 0.0935. The molecule has 0 aromatic heterocycles. The lowest BCUT2D eigenvalue weighted by atomic mass is 9.96. The van der Waals surface area contributed by atoms with Crippen LogP contribution in [0, 0.1) is 0 Å². The van der Waals surface area contributed by atoms with Gasteiger partial charge in [-0.15, -0.1) is 0 Å². The highest BCUT2D eigenvalue weighted by Gasteiger charge is 2.42. The number of halogens is 1. The van der Waals surface area contributed by atoms with Crippen LogP contribution in [0.5, 0.6) is 0 Å². The van der Waals surface area contributed by atoms with Gasteiger partial charge in [-0.1, -0.05) is 247 Å². The molecule has 11 rings (SSSR count). The lowest BCUT2D eigenvalue weighted by Gasteiger charge is -2.28. The molecule has 0 atom stereocenters. The van der Waals surface area contributed by atoms with Gasteiger partial charge in [0.15, 0.2) is 5.78 Å². The maximum absolute atomic E-state index is 12.0. The van der Waals surface area contributed by atoms with E-state index in [2.05, 4.69) is 29.1 Å². The maximum atomic E-state index is 12.0. The normalized spacial score (nSPS) is 15.7. The molecule has 3 saturated heterocycles. The fraction of sp³-hybridized carbons (Fsp3) is 0.143. The van der Waals surface area contributed by atoms with Crippen LogP contribution in [0.25, 0.3) is 12.2 Å². The summed E-state index contributed by atoms with van der Waals surface area (Å²) in [6, 6.07) is 70.2. The predicted molar refractivity (Wildman–Crippen MR) is 286 cm³/mol. The number of carbonyl (C=O) groups is 2. The van der Waals surface area contributed by atoms with E-state index in [1.807, 2.05) is 212 Å². The summed E-state index contributed by atoms with van der Waals surface area (Å²) in [5.41, 5.74) is 10.1. The van der Waals surface area contributed by atoms with Crippen molar-refractivity contribution >= 4 is 40.2 Å². The van der Waals surface area contributed by atoms with Crippen LogP contribution >= 0.6 is 15.9 Å².